The maximum absolute atomic E-state index is 13.7. The summed E-state index contributed by atoms with van der Waals surface area (Å²) < 4.78 is 49.6. The maximum atomic E-state index is 13.7. The predicted octanol–water partition coefficient (Wildman–Crippen LogP) is 3.63. The van der Waals surface area contributed by atoms with E-state index in [1.54, 1.807) is 20.8 Å². The van der Waals surface area contributed by atoms with E-state index in [1.807, 2.05) is 0 Å². The van der Waals surface area contributed by atoms with Gasteiger partial charge in [0.15, 0.2) is 0 Å². The molecule has 0 radical (unpaired) electrons. The number of carbonyl (C=O) groups excluding carboxylic acids is 1. The summed E-state index contributed by atoms with van der Waals surface area (Å²) in [4.78, 5) is 11.7. The summed E-state index contributed by atoms with van der Waals surface area (Å²) in [6, 6.07) is 1.19. The number of hydrogen-bond donors (Lipinski definition) is 0. The van der Waals surface area contributed by atoms with Crippen molar-refractivity contribution in [3.05, 3.63) is 12.3 Å². The molecular weight excluding hydrogens is 289 g/mol. The van der Waals surface area contributed by atoms with Crippen LogP contribution in [0.4, 0.5) is 18.0 Å². The monoisotopic (exact) mass is 308 g/mol. The van der Waals surface area contributed by atoms with Crippen molar-refractivity contribution in [2.75, 3.05) is 0 Å². The van der Waals surface area contributed by atoms with E-state index in [-0.39, 0.29) is 5.88 Å². The van der Waals surface area contributed by atoms with E-state index in [2.05, 4.69) is 5.10 Å². The lowest BCUT2D eigenvalue weighted by atomic mass is 9.94. The van der Waals surface area contributed by atoms with Gasteiger partial charge in [0.2, 0.25) is 12.3 Å². The molecule has 0 fully saturated rings. The number of carbonyl (C=O) groups is 1. The van der Waals surface area contributed by atoms with Crippen LogP contribution >= 0.6 is 0 Å². The zero-order chi connectivity index (χ0) is 16.4. The van der Waals surface area contributed by atoms with E-state index in [9.17, 15) is 18.0 Å². The van der Waals surface area contributed by atoms with Gasteiger partial charge >= 0.3 is 6.09 Å². The van der Waals surface area contributed by atoms with Crippen molar-refractivity contribution in [2.24, 2.45) is 5.41 Å². The van der Waals surface area contributed by atoms with Gasteiger partial charge in [0.05, 0.1) is 5.41 Å². The van der Waals surface area contributed by atoms with Gasteiger partial charge in [0, 0.05) is 12.3 Å². The van der Waals surface area contributed by atoms with Gasteiger partial charge in [-0.25, -0.2) is 18.0 Å². The molecule has 0 N–H and O–H groups in total. The Balaban J connectivity index is 2.74. The fourth-order valence-corrected chi connectivity index (χ4v) is 1.14. The van der Waals surface area contributed by atoms with E-state index in [1.165, 1.54) is 12.3 Å². The molecular formula is C13H19F3N2O3. The number of aromatic nitrogens is 2. The molecule has 1 heterocycles. The van der Waals surface area contributed by atoms with E-state index in [0.29, 0.717) is 0 Å². The lowest BCUT2D eigenvalue weighted by molar-refractivity contribution is -0.115. The molecule has 0 aliphatic rings. The fourth-order valence-electron chi connectivity index (χ4n) is 1.14. The number of ether oxygens (including phenoxy) is 2. The largest absolute Gasteiger partial charge is 0.442 e. The molecule has 8 heteroatoms. The summed E-state index contributed by atoms with van der Waals surface area (Å²) in [5, 5.41) is 3.64. The first-order valence-electron chi connectivity index (χ1n) is 6.31. The highest BCUT2D eigenvalue weighted by atomic mass is 19.3. The molecule has 0 saturated heterocycles. The fraction of sp³-hybridized carbons (Fsp3) is 0.692. The quantitative estimate of drug-likeness (QED) is 0.852. The SMILES string of the molecule is CC(C)(C)OC(=O)n1ccc(OC(F)C(C)(C)C(F)F)n1. The zero-order valence-electron chi connectivity index (χ0n) is 12.6. The highest BCUT2D eigenvalue weighted by Crippen LogP contribution is 2.32. The summed E-state index contributed by atoms with van der Waals surface area (Å²) in [6.07, 6.45) is -4.74. The summed E-state index contributed by atoms with van der Waals surface area (Å²) in [7, 11) is 0. The lowest BCUT2D eigenvalue weighted by Crippen LogP contribution is -2.37. The van der Waals surface area contributed by atoms with Crippen LogP contribution in [-0.4, -0.2) is 34.3 Å². The average molecular weight is 308 g/mol. The highest BCUT2D eigenvalue weighted by Gasteiger charge is 2.41. The van der Waals surface area contributed by atoms with Gasteiger partial charge in [-0.3, -0.25) is 0 Å². The van der Waals surface area contributed by atoms with E-state index >= 15 is 0 Å². The average Bonchev–Trinajstić information content (AvgIpc) is 2.74. The van der Waals surface area contributed by atoms with E-state index < -0.39 is 29.9 Å². The van der Waals surface area contributed by atoms with Crippen LogP contribution in [0.3, 0.4) is 0 Å². The summed E-state index contributed by atoms with van der Waals surface area (Å²) in [5.74, 6) is -0.276. The molecule has 0 saturated carbocycles. The third-order valence-electron chi connectivity index (χ3n) is 2.52. The van der Waals surface area contributed by atoms with E-state index in [0.717, 1.165) is 18.5 Å². The van der Waals surface area contributed by atoms with Crippen LogP contribution in [0.1, 0.15) is 34.6 Å². The molecule has 0 spiro atoms. The van der Waals surface area contributed by atoms with Gasteiger partial charge in [-0.05, 0) is 34.6 Å². The van der Waals surface area contributed by atoms with Gasteiger partial charge in [0.25, 0.3) is 6.36 Å². The van der Waals surface area contributed by atoms with Crippen molar-refractivity contribution < 1.29 is 27.4 Å². The van der Waals surface area contributed by atoms with Crippen molar-refractivity contribution in [3.8, 4) is 5.88 Å². The summed E-state index contributed by atoms with van der Waals surface area (Å²) >= 11 is 0. The zero-order valence-corrected chi connectivity index (χ0v) is 12.6. The Labute approximate surface area is 121 Å². The van der Waals surface area contributed by atoms with Crippen molar-refractivity contribution in [1.82, 2.24) is 9.78 Å². The molecule has 5 nitrogen and oxygen atoms in total. The second-order valence-electron chi connectivity index (χ2n) is 6.13. The third kappa shape index (κ3) is 4.64. The standard InChI is InChI=1S/C13H19F3N2O3/c1-12(2,3)21-11(19)18-7-6-8(17-18)20-10(16)13(4,5)9(14)15/h6-7,9-10H,1-5H3. The molecule has 21 heavy (non-hydrogen) atoms. The lowest BCUT2D eigenvalue weighted by Gasteiger charge is -2.26. The van der Waals surface area contributed by atoms with Crippen LogP contribution in [0.15, 0.2) is 12.3 Å². The van der Waals surface area contributed by atoms with Gasteiger partial charge in [0.1, 0.15) is 5.60 Å². The Morgan fingerprint density at radius 2 is 1.81 bits per heavy atom. The summed E-state index contributed by atoms with van der Waals surface area (Å²) in [6.45, 7) is 7.10. The van der Waals surface area contributed by atoms with Crippen LogP contribution in [0.25, 0.3) is 0 Å². The van der Waals surface area contributed by atoms with Crippen LogP contribution in [0.2, 0.25) is 0 Å². The molecule has 1 aromatic heterocycles. The molecule has 1 rings (SSSR count). The molecule has 1 aromatic rings. The normalized spacial score (nSPS) is 14.1. The minimum atomic E-state index is -2.90. The Bertz CT molecular complexity index is 495. The number of rotatable bonds is 4. The number of hydrogen-bond acceptors (Lipinski definition) is 4. The van der Waals surface area contributed by atoms with Crippen LogP contribution < -0.4 is 4.74 Å². The predicted molar refractivity (Wildman–Crippen MR) is 69.2 cm³/mol. The number of halogens is 3. The van der Waals surface area contributed by atoms with Crippen molar-refractivity contribution in [2.45, 2.75) is 53.0 Å². The van der Waals surface area contributed by atoms with Crippen molar-refractivity contribution in [1.29, 1.82) is 0 Å². The second-order valence-corrected chi connectivity index (χ2v) is 6.13. The molecule has 1 unspecified atom stereocenters. The molecule has 0 aromatic carbocycles. The highest BCUT2D eigenvalue weighted by molar-refractivity contribution is 5.69. The third-order valence-corrected chi connectivity index (χ3v) is 2.52. The first-order valence-corrected chi connectivity index (χ1v) is 6.31. The Kier molecular flexibility index (Phi) is 4.91. The van der Waals surface area contributed by atoms with Crippen LogP contribution in [-0.2, 0) is 4.74 Å². The van der Waals surface area contributed by atoms with Crippen molar-refractivity contribution in [3.63, 3.8) is 0 Å². The van der Waals surface area contributed by atoms with E-state index in [4.69, 9.17) is 9.47 Å². The Morgan fingerprint density at radius 1 is 1.24 bits per heavy atom. The topological polar surface area (TPSA) is 53.4 Å². The smallest absolute Gasteiger partial charge is 0.435 e. The van der Waals surface area contributed by atoms with Crippen molar-refractivity contribution >= 4 is 6.09 Å². The molecule has 120 valence electrons. The first-order chi connectivity index (χ1) is 9.43. The Hall–Kier alpha value is -1.73. The van der Waals surface area contributed by atoms with Gasteiger partial charge in [-0.1, -0.05) is 0 Å². The van der Waals surface area contributed by atoms with Gasteiger partial charge in [-0.15, -0.1) is 5.10 Å². The molecule has 0 aliphatic heterocycles. The van der Waals surface area contributed by atoms with Gasteiger partial charge in [-0.2, -0.15) is 4.68 Å². The molecule has 0 bridgehead atoms. The number of alkyl halides is 3. The Morgan fingerprint density at radius 3 is 2.29 bits per heavy atom. The molecule has 0 amide bonds. The van der Waals surface area contributed by atoms with Gasteiger partial charge < -0.3 is 9.47 Å². The molecule has 1 atom stereocenters. The van der Waals surface area contributed by atoms with Crippen LogP contribution in [0, 0.1) is 5.41 Å². The summed E-state index contributed by atoms with van der Waals surface area (Å²) in [5.41, 5.74) is -2.71. The number of nitrogens with zero attached hydrogens (tertiary/aromatic N) is 2. The second kappa shape index (κ2) is 5.95. The van der Waals surface area contributed by atoms with Crippen LogP contribution in [0.5, 0.6) is 5.88 Å². The molecule has 0 aliphatic carbocycles. The minimum absolute atomic E-state index is 0.276. The maximum Gasteiger partial charge on any atom is 0.435 e. The first kappa shape index (κ1) is 17.3. The minimum Gasteiger partial charge on any atom is -0.442 e.